The summed E-state index contributed by atoms with van der Waals surface area (Å²) in [5, 5.41) is 13.8. The zero-order chi connectivity index (χ0) is 15.2. The van der Waals surface area contributed by atoms with Gasteiger partial charge in [-0.25, -0.2) is 4.98 Å². The molecule has 3 N–H and O–H groups in total. The van der Waals surface area contributed by atoms with Crippen LogP contribution in [0.2, 0.25) is 0 Å². The lowest BCUT2D eigenvalue weighted by molar-refractivity contribution is 0.0950. The van der Waals surface area contributed by atoms with Crippen molar-refractivity contribution in [2.24, 2.45) is 0 Å². The molecule has 0 radical (unpaired) electrons. The minimum Gasteiger partial charge on any atom is -0.350 e. The molecule has 1 atom stereocenters. The highest BCUT2D eigenvalue weighted by Crippen LogP contribution is 2.18. The molecular formula is C15H21Cl2N5OS. The number of carbonyl (C=O) groups is 1. The van der Waals surface area contributed by atoms with Crippen LogP contribution in [0.1, 0.15) is 28.8 Å². The topological polar surface area (TPSA) is 82.7 Å². The van der Waals surface area contributed by atoms with Gasteiger partial charge in [-0.1, -0.05) is 23.9 Å². The number of rotatable bonds is 6. The SMILES string of the molecule is Cl.Cl.O=C(NCC1CCCN1)c1ccc(CSc2ncn[nH]2)cc1. The van der Waals surface area contributed by atoms with Gasteiger partial charge < -0.3 is 10.6 Å². The molecule has 9 heteroatoms. The van der Waals surface area contributed by atoms with E-state index in [4.69, 9.17) is 0 Å². The van der Waals surface area contributed by atoms with Crippen molar-refractivity contribution in [1.29, 1.82) is 0 Å². The summed E-state index contributed by atoms with van der Waals surface area (Å²) in [4.78, 5) is 16.2. The first-order valence-electron chi connectivity index (χ1n) is 7.40. The van der Waals surface area contributed by atoms with Gasteiger partial charge in [-0.2, -0.15) is 5.10 Å². The average molecular weight is 390 g/mol. The second kappa shape index (κ2) is 10.6. The first kappa shape index (κ1) is 20.8. The van der Waals surface area contributed by atoms with E-state index in [2.05, 4.69) is 25.8 Å². The van der Waals surface area contributed by atoms with Crippen molar-refractivity contribution in [3.8, 4) is 0 Å². The molecule has 6 nitrogen and oxygen atoms in total. The molecule has 0 spiro atoms. The minimum absolute atomic E-state index is 0. The van der Waals surface area contributed by atoms with Crippen LogP contribution in [0, 0.1) is 0 Å². The smallest absolute Gasteiger partial charge is 0.251 e. The van der Waals surface area contributed by atoms with Crippen molar-refractivity contribution < 1.29 is 4.79 Å². The lowest BCUT2D eigenvalue weighted by atomic mass is 10.1. The first-order chi connectivity index (χ1) is 10.8. The molecule has 1 aromatic heterocycles. The van der Waals surface area contributed by atoms with E-state index in [9.17, 15) is 4.79 Å². The third-order valence-electron chi connectivity index (χ3n) is 3.66. The van der Waals surface area contributed by atoms with Crippen molar-refractivity contribution >= 4 is 42.5 Å². The number of carbonyl (C=O) groups excluding carboxylic acids is 1. The number of nitrogens with one attached hydrogen (secondary N) is 3. The van der Waals surface area contributed by atoms with Gasteiger partial charge >= 0.3 is 0 Å². The fraction of sp³-hybridized carbons (Fsp3) is 0.400. The zero-order valence-electron chi connectivity index (χ0n) is 13.0. The molecule has 1 aliphatic rings. The molecule has 132 valence electrons. The third kappa shape index (κ3) is 5.98. The Bertz CT molecular complexity index is 603. The number of aromatic amines is 1. The molecule has 0 saturated carbocycles. The Kier molecular flexibility index (Phi) is 9.13. The molecule has 1 fully saturated rings. The van der Waals surface area contributed by atoms with Crippen LogP contribution in [-0.2, 0) is 5.75 Å². The lowest BCUT2D eigenvalue weighted by Gasteiger charge is -2.11. The molecule has 24 heavy (non-hydrogen) atoms. The highest BCUT2D eigenvalue weighted by Gasteiger charge is 2.15. The van der Waals surface area contributed by atoms with Gasteiger partial charge in [-0.05, 0) is 37.1 Å². The quantitative estimate of drug-likeness (QED) is 0.660. The molecular weight excluding hydrogens is 369 g/mol. The van der Waals surface area contributed by atoms with Crippen LogP contribution in [-0.4, -0.2) is 40.2 Å². The van der Waals surface area contributed by atoms with E-state index in [-0.39, 0.29) is 30.7 Å². The van der Waals surface area contributed by atoms with Crippen LogP contribution in [0.4, 0.5) is 0 Å². The highest BCUT2D eigenvalue weighted by molar-refractivity contribution is 7.98. The average Bonchev–Trinajstić information content (AvgIpc) is 3.24. The van der Waals surface area contributed by atoms with Gasteiger partial charge in [-0.3, -0.25) is 9.89 Å². The number of benzene rings is 1. The van der Waals surface area contributed by atoms with Crippen molar-refractivity contribution in [3.63, 3.8) is 0 Å². The van der Waals surface area contributed by atoms with Crippen LogP contribution in [0.15, 0.2) is 35.7 Å². The maximum Gasteiger partial charge on any atom is 0.251 e. The fourth-order valence-corrected chi connectivity index (χ4v) is 3.15. The number of aromatic nitrogens is 3. The standard InChI is InChI=1S/C15H19N5OS.2ClH/c21-14(17-8-13-2-1-7-16-13)12-5-3-11(4-6-12)9-22-15-18-10-19-20-15;;/h3-6,10,13,16H,1-2,7-9H2,(H,17,21)(H,18,19,20);2*1H. The molecule has 1 aliphatic heterocycles. The van der Waals surface area contributed by atoms with Crippen LogP contribution >= 0.6 is 36.6 Å². The summed E-state index contributed by atoms with van der Waals surface area (Å²) >= 11 is 1.58. The summed E-state index contributed by atoms with van der Waals surface area (Å²) in [6, 6.07) is 8.11. The van der Waals surface area contributed by atoms with Crippen molar-refractivity contribution in [2.45, 2.75) is 29.8 Å². The Morgan fingerprint density at radius 3 is 2.71 bits per heavy atom. The molecule has 2 aromatic rings. The van der Waals surface area contributed by atoms with Crippen molar-refractivity contribution in [1.82, 2.24) is 25.8 Å². The fourth-order valence-electron chi connectivity index (χ4n) is 2.42. The predicted molar refractivity (Wildman–Crippen MR) is 100 cm³/mol. The number of halogens is 2. The maximum atomic E-state index is 12.1. The Labute approximate surface area is 157 Å². The van der Waals surface area contributed by atoms with E-state index in [1.54, 1.807) is 11.8 Å². The zero-order valence-corrected chi connectivity index (χ0v) is 15.5. The number of hydrogen-bond donors (Lipinski definition) is 3. The largest absolute Gasteiger partial charge is 0.350 e. The van der Waals surface area contributed by atoms with E-state index in [1.807, 2.05) is 24.3 Å². The number of nitrogens with zero attached hydrogens (tertiary/aromatic N) is 2. The Balaban J connectivity index is 0.00000144. The highest BCUT2D eigenvalue weighted by atomic mass is 35.5. The lowest BCUT2D eigenvalue weighted by Crippen LogP contribution is -2.37. The molecule has 3 rings (SSSR count). The van der Waals surface area contributed by atoms with Crippen LogP contribution in [0.3, 0.4) is 0 Å². The molecule has 1 aromatic carbocycles. The van der Waals surface area contributed by atoms with Gasteiger partial charge in [0.05, 0.1) is 0 Å². The number of H-pyrrole nitrogens is 1. The summed E-state index contributed by atoms with van der Waals surface area (Å²) in [5.41, 5.74) is 1.85. The van der Waals surface area contributed by atoms with Crippen molar-refractivity contribution in [2.75, 3.05) is 13.1 Å². The predicted octanol–water partition coefficient (Wildman–Crippen LogP) is 2.42. The third-order valence-corrected chi connectivity index (χ3v) is 4.60. The molecule has 0 aliphatic carbocycles. The minimum atomic E-state index is -0.0110. The maximum absolute atomic E-state index is 12.1. The summed E-state index contributed by atoms with van der Waals surface area (Å²) in [5.74, 6) is 0.784. The van der Waals surface area contributed by atoms with E-state index in [0.717, 1.165) is 29.4 Å². The van der Waals surface area contributed by atoms with Crippen molar-refractivity contribution in [3.05, 3.63) is 41.7 Å². The Morgan fingerprint density at radius 1 is 1.29 bits per heavy atom. The van der Waals surface area contributed by atoms with Gasteiger partial charge in [-0.15, -0.1) is 24.8 Å². The van der Waals surface area contributed by atoms with Crippen LogP contribution in [0.25, 0.3) is 0 Å². The van der Waals surface area contributed by atoms with Crippen LogP contribution in [0.5, 0.6) is 0 Å². The second-order valence-corrected chi connectivity index (χ2v) is 6.24. The molecule has 2 heterocycles. The normalized spacial score (nSPS) is 16.1. The van der Waals surface area contributed by atoms with E-state index in [1.165, 1.54) is 12.7 Å². The van der Waals surface area contributed by atoms with Crippen LogP contribution < -0.4 is 10.6 Å². The van der Waals surface area contributed by atoms with Gasteiger partial charge in [0.25, 0.3) is 5.91 Å². The summed E-state index contributed by atoms with van der Waals surface area (Å²) in [6.07, 6.45) is 3.82. The van der Waals surface area contributed by atoms with E-state index < -0.39 is 0 Å². The second-order valence-electron chi connectivity index (χ2n) is 5.28. The van der Waals surface area contributed by atoms with Gasteiger partial charge in [0.15, 0.2) is 5.16 Å². The molecule has 1 saturated heterocycles. The first-order valence-corrected chi connectivity index (χ1v) is 8.38. The summed E-state index contributed by atoms with van der Waals surface area (Å²) in [7, 11) is 0. The molecule has 1 amide bonds. The summed E-state index contributed by atoms with van der Waals surface area (Å²) < 4.78 is 0. The van der Waals surface area contributed by atoms with Gasteiger partial charge in [0.1, 0.15) is 6.33 Å². The van der Waals surface area contributed by atoms with Gasteiger partial charge in [0, 0.05) is 23.9 Å². The monoisotopic (exact) mass is 389 g/mol. The van der Waals surface area contributed by atoms with Gasteiger partial charge in [0.2, 0.25) is 0 Å². The summed E-state index contributed by atoms with van der Waals surface area (Å²) in [6.45, 7) is 1.75. The number of amides is 1. The molecule has 1 unspecified atom stereocenters. The Hall–Kier alpha value is -1.28. The van der Waals surface area contributed by atoms with E-state index in [0.29, 0.717) is 18.2 Å². The molecule has 0 bridgehead atoms. The number of thioether (sulfide) groups is 1. The Morgan fingerprint density at radius 2 is 2.08 bits per heavy atom. The van der Waals surface area contributed by atoms with E-state index >= 15 is 0 Å². The number of hydrogen-bond acceptors (Lipinski definition) is 5.